The Kier molecular flexibility index (Phi) is 4.64. The second-order valence-electron chi connectivity index (χ2n) is 10.4. The van der Waals surface area contributed by atoms with Crippen LogP contribution in [0.1, 0.15) is 0 Å². The Labute approximate surface area is 235 Å². The van der Waals surface area contributed by atoms with Crippen molar-refractivity contribution in [1.29, 1.82) is 0 Å². The monoisotopic (exact) mass is 530 g/mol. The van der Waals surface area contributed by atoms with Gasteiger partial charge in [-0.05, 0) is 65.2 Å². The molecular weight excluding hydrogens is 508 g/mol. The zero-order valence-electron chi connectivity index (χ0n) is 21.9. The highest BCUT2D eigenvalue weighted by atomic mass is 16.7. The number of benzene rings is 6. The maximum Gasteiger partial charge on any atom is 0.230 e. The summed E-state index contributed by atoms with van der Waals surface area (Å²) in [4.78, 5) is 0. The van der Waals surface area contributed by atoms with Gasteiger partial charge in [0.1, 0.15) is 33.8 Å². The first-order valence-electron chi connectivity index (χ1n) is 13.7. The minimum atomic E-state index is 0.141. The molecule has 4 nitrogen and oxygen atoms in total. The summed E-state index contributed by atoms with van der Waals surface area (Å²) in [5.74, 6) is 1.57. The van der Waals surface area contributed by atoms with Gasteiger partial charge < -0.3 is 18.3 Å². The van der Waals surface area contributed by atoms with Crippen LogP contribution in [0.15, 0.2) is 130 Å². The van der Waals surface area contributed by atoms with Crippen LogP contribution in [0.25, 0.3) is 77.3 Å². The first kappa shape index (κ1) is 22.3. The summed E-state index contributed by atoms with van der Waals surface area (Å²) in [5, 5.41) is 4.47. The highest BCUT2D eigenvalue weighted by molar-refractivity contribution is 6.10. The Morgan fingerprint density at radius 1 is 0.390 bits per heavy atom. The molecule has 2 aromatic heterocycles. The predicted octanol–water partition coefficient (Wildman–Crippen LogP) is 10.2. The van der Waals surface area contributed by atoms with Crippen LogP contribution in [0.4, 0.5) is 0 Å². The molecule has 1 aliphatic rings. The standard InChI is InChI=1S/C37H22O4/c1-3-10-33-26(6-1)28-15-12-23(19-36(28)40-33)22-14-17-32-31(18-22)29-16-13-24(20-35(29)39-21-38-32)25-8-5-9-30-27-7-2-4-11-34(27)41-37(25)30/h1-20H,21H2. The van der Waals surface area contributed by atoms with E-state index in [1.54, 1.807) is 0 Å². The molecule has 0 radical (unpaired) electrons. The first-order chi connectivity index (χ1) is 20.3. The molecule has 1 aliphatic heterocycles. The largest absolute Gasteiger partial charge is 0.457 e. The van der Waals surface area contributed by atoms with E-state index in [1.807, 2.05) is 42.5 Å². The fourth-order valence-electron chi connectivity index (χ4n) is 6.11. The fraction of sp³-hybridized carbons (Fsp3) is 0.0270. The van der Waals surface area contributed by atoms with Crippen molar-refractivity contribution in [3.05, 3.63) is 121 Å². The van der Waals surface area contributed by atoms with Gasteiger partial charge in [0, 0.05) is 38.2 Å². The highest BCUT2D eigenvalue weighted by Crippen LogP contribution is 2.44. The fourth-order valence-corrected chi connectivity index (χ4v) is 6.11. The average molecular weight is 531 g/mol. The third-order valence-electron chi connectivity index (χ3n) is 8.11. The molecule has 0 atom stereocenters. The first-order valence-corrected chi connectivity index (χ1v) is 13.7. The molecule has 0 bridgehead atoms. The molecule has 41 heavy (non-hydrogen) atoms. The van der Waals surface area contributed by atoms with Crippen molar-refractivity contribution in [3.8, 4) is 44.9 Å². The molecule has 194 valence electrons. The Morgan fingerprint density at radius 3 is 1.98 bits per heavy atom. The molecule has 0 fully saturated rings. The van der Waals surface area contributed by atoms with E-state index < -0.39 is 0 Å². The van der Waals surface area contributed by atoms with E-state index in [2.05, 4.69) is 78.9 Å². The molecule has 0 unspecified atom stereocenters. The molecular formula is C37H22O4. The van der Waals surface area contributed by atoms with Crippen LogP contribution in [0.5, 0.6) is 11.5 Å². The topological polar surface area (TPSA) is 44.7 Å². The molecule has 4 heteroatoms. The minimum Gasteiger partial charge on any atom is -0.457 e. The maximum absolute atomic E-state index is 6.30. The van der Waals surface area contributed by atoms with Crippen molar-refractivity contribution >= 4 is 43.9 Å². The number of fused-ring (bicyclic) bond motifs is 9. The highest BCUT2D eigenvalue weighted by Gasteiger charge is 2.20. The van der Waals surface area contributed by atoms with E-state index in [0.717, 1.165) is 88.8 Å². The zero-order valence-corrected chi connectivity index (χ0v) is 21.9. The van der Waals surface area contributed by atoms with Crippen molar-refractivity contribution < 1.29 is 18.3 Å². The van der Waals surface area contributed by atoms with Gasteiger partial charge in [-0.15, -0.1) is 0 Å². The van der Waals surface area contributed by atoms with Crippen molar-refractivity contribution in [3.63, 3.8) is 0 Å². The third-order valence-corrected chi connectivity index (χ3v) is 8.11. The van der Waals surface area contributed by atoms with E-state index >= 15 is 0 Å². The molecule has 0 spiro atoms. The van der Waals surface area contributed by atoms with Crippen LogP contribution in [-0.2, 0) is 0 Å². The molecule has 0 aliphatic carbocycles. The number of ether oxygens (including phenoxy) is 2. The summed E-state index contributed by atoms with van der Waals surface area (Å²) in [7, 11) is 0. The van der Waals surface area contributed by atoms with Gasteiger partial charge in [-0.25, -0.2) is 0 Å². The van der Waals surface area contributed by atoms with Crippen LogP contribution >= 0.6 is 0 Å². The van der Waals surface area contributed by atoms with Crippen LogP contribution in [0, 0.1) is 0 Å². The second kappa shape index (κ2) is 8.51. The summed E-state index contributed by atoms with van der Waals surface area (Å²) >= 11 is 0. The number of hydrogen-bond acceptors (Lipinski definition) is 4. The van der Waals surface area contributed by atoms with Gasteiger partial charge in [0.15, 0.2) is 0 Å². The lowest BCUT2D eigenvalue weighted by Crippen LogP contribution is -2.03. The molecule has 8 aromatic rings. The average Bonchev–Trinajstić information content (AvgIpc) is 3.53. The zero-order chi connectivity index (χ0) is 26.9. The van der Waals surface area contributed by atoms with Gasteiger partial charge in [-0.3, -0.25) is 0 Å². The van der Waals surface area contributed by atoms with Gasteiger partial charge in [-0.1, -0.05) is 72.8 Å². The van der Waals surface area contributed by atoms with Gasteiger partial charge in [0.05, 0.1) is 0 Å². The van der Waals surface area contributed by atoms with E-state index in [-0.39, 0.29) is 6.79 Å². The SMILES string of the molecule is c1ccc2c(c1)oc1cc(-c3ccc4c(c3)-c3ccc(-c5cccc6c5oc5ccccc56)cc3OCO4)ccc12. The summed E-state index contributed by atoms with van der Waals surface area (Å²) < 4.78 is 24.6. The summed E-state index contributed by atoms with van der Waals surface area (Å²) in [6.07, 6.45) is 0. The van der Waals surface area contributed by atoms with E-state index in [0.29, 0.717) is 0 Å². The van der Waals surface area contributed by atoms with Crippen molar-refractivity contribution in [2.24, 2.45) is 0 Å². The normalized spacial score (nSPS) is 12.7. The van der Waals surface area contributed by atoms with Crippen molar-refractivity contribution in [2.75, 3.05) is 6.79 Å². The molecule has 6 aromatic carbocycles. The van der Waals surface area contributed by atoms with Crippen LogP contribution in [0.3, 0.4) is 0 Å². The molecule has 9 rings (SSSR count). The summed E-state index contributed by atoms with van der Waals surface area (Å²) in [6.45, 7) is 0.141. The lowest BCUT2D eigenvalue weighted by atomic mass is 9.94. The predicted molar refractivity (Wildman–Crippen MR) is 163 cm³/mol. The molecule has 0 N–H and O–H groups in total. The lowest BCUT2D eigenvalue weighted by molar-refractivity contribution is 0.125. The van der Waals surface area contributed by atoms with Crippen LogP contribution in [0.2, 0.25) is 0 Å². The van der Waals surface area contributed by atoms with E-state index in [1.165, 1.54) is 0 Å². The number of para-hydroxylation sites is 3. The Morgan fingerprint density at radius 2 is 1.07 bits per heavy atom. The Balaban J connectivity index is 1.16. The summed E-state index contributed by atoms with van der Waals surface area (Å²) in [5.41, 5.74) is 9.75. The quantitative estimate of drug-likeness (QED) is 0.223. The molecule has 3 heterocycles. The van der Waals surface area contributed by atoms with Gasteiger partial charge in [0.2, 0.25) is 6.79 Å². The van der Waals surface area contributed by atoms with Crippen molar-refractivity contribution in [2.45, 2.75) is 0 Å². The van der Waals surface area contributed by atoms with E-state index in [9.17, 15) is 0 Å². The van der Waals surface area contributed by atoms with Gasteiger partial charge >= 0.3 is 0 Å². The maximum atomic E-state index is 6.30. The molecule has 0 amide bonds. The Bertz CT molecular complexity index is 2300. The van der Waals surface area contributed by atoms with Gasteiger partial charge in [-0.2, -0.15) is 0 Å². The minimum absolute atomic E-state index is 0.141. The summed E-state index contributed by atoms with van der Waals surface area (Å²) in [6, 6.07) is 41.6. The van der Waals surface area contributed by atoms with Gasteiger partial charge in [0.25, 0.3) is 0 Å². The molecule has 0 saturated carbocycles. The number of rotatable bonds is 2. The Hall–Kier alpha value is -5.48. The molecule has 0 saturated heterocycles. The van der Waals surface area contributed by atoms with Crippen LogP contribution < -0.4 is 9.47 Å². The van der Waals surface area contributed by atoms with Crippen LogP contribution in [-0.4, -0.2) is 6.79 Å². The second-order valence-corrected chi connectivity index (χ2v) is 10.4. The van der Waals surface area contributed by atoms with Crippen molar-refractivity contribution in [1.82, 2.24) is 0 Å². The number of furan rings is 2. The number of hydrogen-bond donors (Lipinski definition) is 0. The van der Waals surface area contributed by atoms with E-state index in [4.69, 9.17) is 18.3 Å². The lowest BCUT2D eigenvalue weighted by Gasteiger charge is -2.11. The smallest absolute Gasteiger partial charge is 0.230 e. The third kappa shape index (κ3) is 3.41.